The third-order valence-electron chi connectivity index (χ3n) is 10.1. The Morgan fingerprint density at radius 1 is 0.980 bits per heavy atom. The molecule has 0 radical (unpaired) electrons. The summed E-state index contributed by atoms with van der Waals surface area (Å²) in [7, 11) is 0. The molecule has 0 bridgehead atoms. The molecule has 3 atom stereocenters. The van der Waals surface area contributed by atoms with E-state index in [9.17, 15) is 24.9 Å². The van der Waals surface area contributed by atoms with Gasteiger partial charge in [-0.2, -0.15) is 0 Å². The number of likely N-dealkylation sites (tertiary alicyclic amines) is 1. The molecule has 2 aliphatic rings. The topological polar surface area (TPSA) is 144 Å². The molecule has 4 rings (SSSR count). The number of phenols is 2. The molecule has 1 saturated heterocycles. The van der Waals surface area contributed by atoms with E-state index in [1.807, 2.05) is 12.2 Å². The lowest BCUT2D eigenvalue weighted by Crippen LogP contribution is -2.43. The van der Waals surface area contributed by atoms with Crippen LogP contribution >= 0.6 is 0 Å². The number of carbonyl (C=O) groups excluding carboxylic acids is 2. The maximum absolute atomic E-state index is 13.6. The molecule has 1 spiro atoms. The number of allylic oxidation sites excluding steroid dienone is 3. The highest BCUT2D eigenvalue weighted by atomic mass is 16.5. The highest BCUT2D eigenvalue weighted by Gasteiger charge is 2.39. The molecule has 1 fully saturated rings. The summed E-state index contributed by atoms with van der Waals surface area (Å²) >= 11 is 0. The molecule has 0 unspecified atom stereocenters. The Labute approximate surface area is 297 Å². The number of carbonyl (C=O) groups is 2. The van der Waals surface area contributed by atoms with Crippen molar-refractivity contribution in [1.82, 2.24) is 4.90 Å². The molecule has 10 nitrogen and oxygen atoms in total. The number of fused-ring (bicyclic) bond motifs is 3. The number of Topliss-reactive ketones (excluding diaryl/α,β-unsaturated/α-hetero) is 1. The predicted molar refractivity (Wildman–Crippen MR) is 199 cm³/mol. The zero-order valence-corrected chi connectivity index (χ0v) is 31.5. The highest BCUT2D eigenvalue weighted by Crippen LogP contribution is 2.45. The van der Waals surface area contributed by atoms with E-state index in [1.54, 1.807) is 26.8 Å². The Bertz CT molecular complexity index is 1770. The third kappa shape index (κ3) is 8.40. The second-order valence-electron chi connectivity index (χ2n) is 14.8. The van der Waals surface area contributed by atoms with Crippen LogP contribution in [0, 0.1) is 24.7 Å². The number of nitrogens with zero attached hydrogens (tertiary/aromatic N) is 3. The summed E-state index contributed by atoms with van der Waals surface area (Å²) < 4.78 is 5.90. The Morgan fingerprint density at radius 3 is 2.24 bits per heavy atom. The first-order valence-corrected chi connectivity index (χ1v) is 18.4. The van der Waals surface area contributed by atoms with Gasteiger partial charge in [-0.15, -0.1) is 0 Å². The summed E-state index contributed by atoms with van der Waals surface area (Å²) in [4.78, 5) is 39.5. The van der Waals surface area contributed by atoms with Crippen LogP contribution in [0.25, 0.3) is 10.8 Å². The van der Waals surface area contributed by atoms with Crippen LogP contribution in [-0.2, 0) is 4.79 Å². The van der Waals surface area contributed by atoms with E-state index < -0.39 is 11.6 Å². The van der Waals surface area contributed by atoms with Gasteiger partial charge in [0.25, 0.3) is 5.91 Å². The fraction of sp³-hybridized carbons (Fsp3) is 0.600. The minimum Gasteiger partial charge on any atom is -0.507 e. The minimum atomic E-state index is -0.831. The van der Waals surface area contributed by atoms with Crippen molar-refractivity contribution in [3.05, 3.63) is 45.6 Å². The fourth-order valence-electron chi connectivity index (χ4n) is 7.19. The molecular weight excluding hydrogens is 632 g/mol. The average Bonchev–Trinajstić information content (AvgIpc) is 3.43. The largest absolute Gasteiger partial charge is 0.507 e. The molecular formula is C40H58N4O6. The molecule has 2 aliphatic heterocycles. The van der Waals surface area contributed by atoms with Crippen molar-refractivity contribution in [2.45, 2.75) is 113 Å². The number of aromatic hydroxyl groups is 2. The van der Waals surface area contributed by atoms with Crippen LogP contribution in [0.2, 0.25) is 0 Å². The first-order chi connectivity index (χ1) is 23.6. The van der Waals surface area contributed by atoms with Gasteiger partial charge in [0, 0.05) is 49.0 Å². The Morgan fingerprint density at radius 2 is 1.64 bits per heavy atom. The number of ketones is 1. The van der Waals surface area contributed by atoms with Gasteiger partial charge in [0.2, 0.25) is 0 Å². The minimum absolute atomic E-state index is 0.0317. The SMILES string of the molecule is CCC[C@H](C)[C@H](O)CC[C@@H](C)/C=C/C=C(/C)C(=O)Nc1c(O)c2c(O)c(C)c(OCC)c(C(C)=O)c2c2c1=NC1(CCN(CC(C)C)CC1)N=2. The van der Waals surface area contributed by atoms with Gasteiger partial charge < -0.3 is 30.3 Å². The summed E-state index contributed by atoms with van der Waals surface area (Å²) in [5.41, 5.74) is 0.156. The van der Waals surface area contributed by atoms with Crippen molar-refractivity contribution < 1.29 is 29.6 Å². The smallest absolute Gasteiger partial charge is 0.251 e. The van der Waals surface area contributed by atoms with E-state index in [1.165, 1.54) is 6.92 Å². The van der Waals surface area contributed by atoms with Crippen LogP contribution in [-0.4, -0.2) is 69.9 Å². The summed E-state index contributed by atoms with van der Waals surface area (Å²) in [6, 6.07) is 0. The number of hydrogen-bond donors (Lipinski definition) is 4. The quantitative estimate of drug-likeness (QED) is 0.0722. The molecule has 274 valence electrons. The number of rotatable bonds is 15. The Kier molecular flexibility index (Phi) is 12.9. The van der Waals surface area contributed by atoms with E-state index >= 15 is 0 Å². The van der Waals surface area contributed by atoms with Crippen molar-refractivity contribution in [2.75, 3.05) is 31.6 Å². The first kappa shape index (κ1) is 39.0. The zero-order chi connectivity index (χ0) is 36.9. The summed E-state index contributed by atoms with van der Waals surface area (Å²) in [6.45, 7) is 20.0. The van der Waals surface area contributed by atoms with E-state index in [-0.39, 0.29) is 69.6 Å². The van der Waals surface area contributed by atoms with Gasteiger partial charge in [-0.3, -0.25) is 19.6 Å². The number of aliphatic hydroxyl groups is 1. The number of aliphatic hydroxyl groups excluding tert-OH is 1. The molecule has 0 aliphatic carbocycles. The predicted octanol–water partition coefficient (Wildman–Crippen LogP) is 6.52. The van der Waals surface area contributed by atoms with Crippen molar-refractivity contribution in [2.24, 2.45) is 27.7 Å². The Balaban J connectivity index is 1.75. The van der Waals surface area contributed by atoms with Gasteiger partial charge in [0.1, 0.15) is 22.5 Å². The number of benzene rings is 2. The number of piperidine rings is 1. The lowest BCUT2D eigenvalue weighted by atomic mass is 9.93. The number of anilines is 1. The van der Waals surface area contributed by atoms with E-state index in [4.69, 9.17) is 14.7 Å². The lowest BCUT2D eigenvalue weighted by Gasteiger charge is -2.36. The van der Waals surface area contributed by atoms with E-state index in [2.05, 4.69) is 44.8 Å². The van der Waals surface area contributed by atoms with Crippen LogP contribution in [0.1, 0.15) is 110 Å². The normalized spacial score (nSPS) is 17.9. The Hall–Kier alpha value is -3.76. The highest BCUT2D eigenvalue weighted by molar-refractivity contribution is 6.15. The maximum Gasteiger partial charge on any atom is 0.251 e. The standard InChI is InChI=1S/C40H58N4O6/c1-10-13-25(6)29(46)17-16-24(5)14-12-15-26(7)39(49)41-35-34-33(42-40(43-34)18-20-44(21-19-40)22-23(3)4)31-30(28(9)45)38(50-11-2)27(8)36(47)32(31)37(35)48/h12,14-15,23-25,29,46-48H,10-11,13,16-22H2,1-9H3,(H,41,49)/b14-12+,26-15-/t24-,25-,29+/m0/s1. The van der Waals surface area contributed by atoms with E-state index in [0.717, 1.165) is 45.3 Å². The molecule has 0 aromatic heterocycles. The van der Waals surface area contributed by atoms with Crippen LogP contribution in [0.15, 0.2) is 33.8 Å². The van der Waals surface area contributed by atoms with Gasteiger partial charge in [-0.1, -0.05) is 59.3 Å². The third-order valence-corrected chi connectivity index (χ3v) is 10.1. The van der Waals surface area contributed by atoms with Gasteiger partial charge in [-0.25, -0.2) is 0 Å². The van der Waals surface area contributed by atoms with Gasteiger partial charge in [0.15, 0.2) is 17.2 Å². The number of amides is 1. The van der Waals surface area contributed by atoms with Crippen LogP contribution < -0.4 is 20.8 Å². The van der Waals surface area contributed by atoms with Gasteiger partial charge >= 0.3 is 0 Å². The number of phenolic OH excluding ortho intramolecular Hbond substituents is 2. The second-order valence-corrected chi connectivity index (χ2v) is 14.8. The van der Waals surface area contributed by atoms with Crippen LogP contribution in [0.4, 0.5) is 5.69 Å². The van der Waals surface area contributed by atoms with Crippen LogP contribution in [0.3, 0.4) is 0 Å². The summed E-state index contributed by atoms with van der Waals surface area (Å²) in [6.07, 6.45) is 10.1. The molecule has 4 N–H and O–H groups in total. The molecule has 0 saturated carbocycles. The molecule has 50 heavy (non-hydrogen) atoms. The lowest BCUT2D eigenvalue weighted by molar-refractivity contribution is -0.112. The zero-order valence-electron chi connectivity index (χ0n) is 31.5. The van der Waals surface area contributed by atoms with Crippen molar-refractivity contribution in [1.29, 1.82) is 0 Å². The van der Waals surface area contributed by atoms with Crippen LogP contribution in [0.5, 0.6) is 17.2 Å². The number of ether oxygens (including phenoxy) is 1. The number of hydrogen-bond acceptors (Lipinski definition) is 9. The number of nitrogens with one attached hydrogen (secondary N) is 1. The van der Waals surface area contributed by atoms with E-state index in [0.29, 0.717) is 40.6 Å². The monoisotopic (exact) mass is 690 g/mol. The summed E-state index contributed by atoms with van der Waals surface area (Å²) in [5.74, 6) is -0.114. The fourth-order valence-corrected chi connectivity index (χ4v) is 7.19. The average molecular weight is 691 g/mol. The molecule has 2 aromatic carbocycles. The molecule has 2 heterocycles. The van der Waals surface area contributed by atoms with Crippen molar-refractivity contribution in [3.63, 3.8) is 0 Å². The van der Waals surface area contributed by atoms with Crippen molar-refractivity contribution >= 4 is 28.2 Å². The molecule has 10 heteroatoms. The van der Waals surface area contributed by atoms with Gasteiger partial charge in [-0.05, 0) is 64.7 Å². The van der Waals surface area contributed by atoms with Gasteiger partial charge in [0.05, 0.1) is 29.0 Å². The maximum atomic E-state index is 13.6. The second kappa shape index (κ2) is 16.5. The molecule has 2 aromatic rings. The molecule has 1 amide bonds. The summed E-state index contributed by atoms with van der Waals surface area (Å²) in [5, 5.41) is 37.6. The first-order valence-electron chi connectivity index (χ1n) is 18.4. The van der Waals surface area contributed by atoms with Crippen molar-refractivity contribution in [3.8, 4) is 17.2 Å².